The number of aromatic nitrogens is 1. The lowest BCUT2D eigenvalue weighted by Crippen LogP contribution is -2.40. The highest BCUT2D eigenvalue weighted by atomic mass is 16.5. The van der Waals surface area contributed by atoms with Gasteiger partial charge in [-0.05, 0) is 11.6 Å². The van der Waals surface area contributed by atoms with Crippen LogP contribution in [-0.2, 0) is 20.9 Å². The normalized spacial score (nSPS) is 9.95. The number of aliphatic hydroxyl groups is 1. The zero-order chi connectivity index (χ0) is 13.9. The molecule has 19 heavy (non-hydrogen) atoms. The van der Waals surface area contributed by atoms with E-state index in [-0.39, 0.29) is 32.9 Å². The molecular formula is C12H17N3O4. The van der Waals surface area contributed by atoms with Gasteiger partial charge in [0.1, 0.15) is 0 Å². The van der Waals surface area contributed by atoms with Crippen molar-refractivity contribution in [2.45, 2.75) is 6.54 Å². The average Bonchev–Trinajstić information content (AvgIpc) is 2.45. The predicted molar refractivity (Wildman–Crippen MR) is 67.0 cm³/mol. The van der Waals surface area contributed by atoms with Gasteiger partial charge in [-0.25, -0.2) is 0 Å². The summed E-state index contributed by atoms with van der Waals surface area (Å²) in [6.07, 6.45) is 3.24. The van der Waals surface area contributed by atoms with Crippen molar-refractivity contribution in [3.63, 3.8) is 0 Å². The average molecular weight is 267 g/mol. The van der Waals surface area contributed by atoms with Gasteiger partial charge in [-0.1, -0.05) is 6.07 Å². The molecule has 0 aliphatic rings. The highest BCUT2D eigenvalue weighted by Gasteiger charge is 2.11. The first-order valence-electron chi connectivity index (χ1n) is 5.87. The molecule has 0 saturated carbocycles. The number of ether oxygens (including phenoxy) is 1. The van der Waals surface area contributed by atoms with Gasteiger partial charge < -0.3 is 20.5 Å². The van der Waals surface area contributed by atoms with E-state index in [9.17, 15) is 9.59 Å². The molecule has 0 atom stereocenters. The van der Waals surface area contributed by atoms with Crippen LogP contribution in [0, 0.1) is 0 Å². The van der Waals surface area contributed by atoms with Gasteiger partial charge in [0.15, 0.2) is 0 Å². The van der Waals surface area contributed by atoms with E-state index in [1.54, 1.807) is 24.5 Å². The Bertz CT molecular complexity index is 397. The number of nitrogens with zero attached hydrogens (tertiary/aromatic N) is 1. The number of hydrogen-bond acceptors (Lipinski definition) is 5. The minimum atomic E-state index is -0.712. The van der Waals surface area contributed by atoms with E-state index in [0.29, 0.717) is 0 Å². The van der Waals surface area contributed by atoms with Crippen LogP contribution in [0.15, 0.2) is 24.5 Å². The number of amides is 2. The number of nitrogens with one attached hydrogen (secondary N) is 2. The second-order valence-corrected chi connectivity index (χ2v) is 3.64. The standard InChI is InChI=1S/C12H17N3O4/c16-5-7-19-6-4-14-11(17)12(18)15-9-10-2-1-3-13-8-10/h1-3,8,16H,4-7,9H2,(H,14,17)(H,15,18). The topological polar surface area (TPSA) is 101 Å². The van der Waals surface area contributed by atoms with Gasteiger partial charge in [0, 0.05) is 25.5 Å². The summed E-state index contributed by atoms with van der Waals surface area (Å²) in [6, 6.07) is 3.55. The number of carbonyl (C=O) groups excluding carboxylic acids is 2. The Morgan fingerprint density at radius 1 is 1.26 bits per heavy atom. The Labute approximate surface area is 111 Å². The van der Waals surface area contributed by atoms with Crippen LogP contribution in [0.5, 0.6) is 0 Å². The summed E-state index contributed by atoms with van der Waals surface area (Å²) in [6.45, 7) is 0.866. The molecule has 0 saturated heterocycles. The van der Waals surface area contributed by atoms with Crippen molar-refractivity contribution >= 4 is 11.8 Å². The van der Waals surface area contributed by atoms with Crippen LogP contribution in [0.3, 0.4) is 0 Å². The molecule has 0 unspecified atom stereocenters. The van der Waals surface area contributed by atoms with Gasteiger partial charge in [0.2, 0.25) is 0 Å². The first-order chi connectivity index (χ1) is 9.24. The number of pyridine rings is 1. The minimum Gasteiger partial charge on any atom is -0.394 e. The molecule has 0 aliphatic carbocycles. The summed E-state index contributed by atoms with van der Waals surface area (Å²) in [5.41, 5.74) is 0.815. The van der Waals surface area contributed by atoms with E-state index in [1.165, 1.54) is 0 Å². The first-order valence-corrected chi connectivity index (χ1v) is 5.87. The monoisotopic (exact) mass is 267 g/mol. The van der Waals surface area contributed by atoms with Crippen molar-refractivity contribution in [1.29, 1.82) is 0 Å². The van der Waals surface area contributed by atoms with Crippen molar-refractivity contribution in [3.8, 4) is 0 Å². The van der Waals surface area contributed by atoms with Crippen LogP contribution < -0.4 is 10.6 Å². The third-order valence-corrected chi connectivity index (χ3v) is 2.15. The number of rotatable bonds is 7. The summed E-state index contributed by atoms with van der Waals surface area (Å²) >= 11 is 0. The van der Waals surface area contributed by atoms with Crippen molar-refractivity contribution in [2.75, 3.05) is 26.4 Å². The zero-order valence-electron chi connectivity index (χ0n) is 10.5. The Morgan fingerprint density at radius 3 is 2.74 bits per heavy atom. The Morgan fingerprint density at radius 2 is 2.05 bits per heavy atom. The van der Waals surface area contributed by atoms with E-state index in [0.717, 1.165) is 5.56 Å². The predicted octanol–water partition coefficient (Wildman–Crippen LogP) is -1.18. The lowest BCUT2D eigenvalue weighted by Gasteiger charge is -2.06. The molecule has 7 heteroatoms. The van der Waals surface area contributed by atoms with Gasteiger partial charge in [-0.3, -0.25) is 14.6 Å². The molecule has 2 amide bonds. The summed E-state index contributed by atoms with van der Waals surface area (Å²) < 4.78 is 4.94. The Balaban J connectivity index is 2.16. The quantitative estimate of drug-likeness (QED) is 0.426. The maximum absolute atomic E-state index is 11.4. The maximum Gasteiger partial charge on any atom is 0.309 e. The van der Waals surface area contributed by atoms with Crippen LogP contribution in [0.4, 0.5) is 0 Å². The third kappa shape index (κ3) is 6.49. The SMILES string of the molecule is O=C(NCCOCCO)C(=O)NCc1cccnc1. The smallest absolute Gasteiger partial charge is 0.309 e. The molecule has 1 heterocycles. The molecule has 104 valence electrons. The molecule has 0 aromatic carbocycles. The van der Waals surface area contributed by atoms with E-state index in [2.05, 4.69) is 15.6 Å². The zero-order valence-corrected chi connectivity index (χ0v) is 10.5. The van der Waals surface area contributed by atoms with E-state index in [1.807, 2.05) is 0 Å². The van der Waals surface area contributed by atoms with E-state index in [4.69, 9.17) is 9.84 Å². The molecule has 0 bridgehead atoms. The van der Waals surface area contributed by atoms with Crippen molar-refractivity contribution in [2.24, 2.45) is 0 Å². The third-order valence-electron chi connectivity index (χ3n) is 2.15. The van der Waals surface area contributed by atoms with Crippen LogP contribution in [-0.4, -0.2) is 48.3 Å². The Hall–Kier alpha value is -1.99. The molecule has 7 nitrogen and oxygen atoms in total. The first kappa shape index (κ1) is 15.1. The molecule has 0 spiro atoms. The highest BCUT2D eigenvalue weighted by Crippen LogP contribution is 1.93. The molecule has 0 radical (unpaired) electrons. The highest BCUT2D eigenvalue weighted by molar-refractivity contribution is 6.35. The van der Waals surface area contributed by atoms with Crippen LogP contribution >= 0.6 is 0 Å². The lowest BCUT2D eigenvalue weighted by atomic mass is 10.3. The summed E-state index contributed by atoms with van der Waals surface area (Å²) in [5, 5.41) is 13.3. The summed E-state index contributed by atoms with van der Waals surface area (Å²) in [5.74, 6) is -1.41. The molecule has 3 N–H and O–H groups in total. The van der Waals surface area contributed by atoms with Crippen molar-refractivity contribution in [3.05, 3.63) is 30.1 Å². The maximum atomic E-state index is 11.4. The minimum absolute atomic E-state index is 0.0699. The van der Waals surface area contributed by atoms with Gasteiger partial charge in [0.25, 0.3) is 0 Å². The number of carbonyl (C=O) groups is 2. The van der Waals surface area contributed by atoms with Crippen LogP contribution in [0.1, 0.15) is 5.56 Å². The molecule has 1 aromatic heterocycles. The summed E-state index contributed by atoms with van der Waals surface area (Å²) in [7, 11) is 0. The lowest BCUT2D eigenvalue weighted by molar-refractivity contribution is -0.139. The fourth-order valence-electron chi connectivity index (χ4n) is 1.25. The van der Waals surface area contributed by atoms with Crippen molar-refractivity contribution < 1.29 is 19.4 Å². The molecular weight excluding hydrogens is 250 g/mol. The van der Waals surface area contributed by atoms with E-state index < -0.39 is 11.8 Å². The second-order valence-electron chi connectivity index (χ2n) is 3.64. The van der Waals surface area contributed by atoms with Gasteiger partial charge >= 0.3 is 11.8 Å². The molecule has 1 aromatic rings. The number of hydrogen-bond donors (Lipinski definition) is 3. The van der Waals surface area contributed by atoms with Crippen LogP contribution in [0.25, 0.3) is 0 Å². The largest absolute Gasteiger partial charge is 0.394 e. The number of aliphatic hydroxyl groups excluding tert-OH is 1. The fourth-order valence-corrected chi connectivity index (χ4v) is 1.25. The molecule has 0 aliphatic heterocycles. The summed E-state index contributed by atoms with van der Waals surface area (Å²) in [4.78, 5) is 26.7. The van der Waals surface area contributed by atoms with Crippen molar-refractivity contribution in [1.82, 2.24) is 15.6 Å². The van der Waals surface area contributed by atoms with Gasteiger partial charge in [0.05, 0.1) is 19.8 Å². The fraction of sp³-hybridized carbons (Fsp3) is 0.417. The Kier molecular flexibility index (Phi) is 7.14. The second kappa shape index (κ2) is 9.01. The van der Waals surface area contributed by atoms with Gasteiger partial charge in [-0.2, -0.15) is 0 Å². The van der Waals surface area contributed by atoms with Gasteiger partial charge in [-0.15, -0.1) is 0 Å². The van der Waals surface area contributed by atoms with E-state index >= 15 is 0 Å². The van der Waals surface area contributed by atoms with Crippen LogP contribution in [0.2, 0.25) is 0 Å². The molecule has 1 rings (SSSR count). The molecule has 0 fully saturated rings.